The molecule has 0 saturated heterocycles. The van der Waals surface area contributed by atoms with Gasteiger partial charge in [0.1, 0.15) is 11.5 Å². The molecule has 18 heavy (non-hydrogen) atoms. The fraction of sp³-hybridized carbons (Fsp3) is 0.714. The van der Waals surface area contributed by atoms with Crippen LogP contribution in [0.2, 0.25) is 0 Å². The fourth-order valence-electron chi connectivity index (χ4n) is 2.09. The van der Waals surface area contributed by atoms with Gasteiger partial charge in [0.2, 0.25) is 0 Å². The fourth-order valence-corrected chi connectivity index (χ4v) is 2.09. The van der Waals surface area contributed by atoms with Crippen molar-refractivity contribution in [3.05, 3.63) is 23.7 Å². The summed E-state index contributed by atoms with van der Waals surface area (Å²) in [4.78, 5) is 4.46. The van der Waals surface area contributed by atoms with E-state index in [1.165, 1.54) is 0 Å². The van der Waals surface area contributed by atoms with Crippen molar-refractivity contribution in [1.29, 1.82) is 0 Å². The zero-order chi connectivity index (χ0) is 13.7. The van der Waals surface area contributed by atoms with Crippen molar-refractivity contribution >= 4 is 0 Å². The number of aryl methyl sites for hydroxylation is 1. The first-order valence-corrected chi connectivity index (χ1v) is 6.62. The molecule has 0 amide bonds. The van der Waals surface area contributed by atoms with Crippen molar-refractivity contribution in [1.82, 2.24) is 9.80 Å². The third kappa shape index (κ3) is 4.12. The molecule has 2 atom stereocenters. The van der Waals surface area contributed by atoms with E-state index in [0.717, 1.165) is 31.0 Å². The number of nitrogens with zero attached hydrogens (tertiary/aromatic N) is 2. The van der Waals surface area contributed by atoms with Gasteiger partial charge in [0, 0.05) is 19.1 Å². The lowest BCUT2D eigenvalue weighted by molar-refractivity contribution is 0.168. The summed E-state index contributed by atoms with van der Waals surface area (Å²) in [5, 5.41) is 0. The van der Waals surface area contributed by atoms with Gasteiger partial charge in [-0.2, -0.15) is 0 Å². The molecule has 4 nitrogen and oxygen atoms in total. The third-order valence-electron chi connectivity index (χ3n) is 3.30. The standard InChI is InChI=1S/C14H27N3O/c1-6-12(15)14(13-8-7-11(2)18-13)17(5)10-9-16(3)4/h7-8,12,14H,6,9-10,15H2,1-5H3. The molecule has 0 radical (unpaired) electrons. The van der Waals surface area contributed by atoms with Gasteiger partial charge in [-0.05, 0) is 46.6 Å². The van der Waals surface area contributed by atoms with Gasteiger partial charge in [0.05, 0.1) is 6.04 Å². The molecule has 4 heteroatoms. The maximum Gasteiger partial charge on any atom is 0.122 e. The van der Waals surface area contributed by atoms with Crippen LogP contribution in [0, 0.1) is 6.92 Å². The van der Waals surface area contributed by atoms with Crippen molar-refractivity contribution in [3.63, 3.8) is 0 Å². The molecule has 104 valence electrons. The highest BCUT2D eigenvalue weighted by atomic mass is 16.3. The number of hydrogen-bond acceptors (Lipinski definition) is 4. The molecule has 0 aliphatic carbocycles. The summed E-state index contributed by atoms with van der Waals surface area (Å²) in [5.74, 6) is 1.92. The molecule has 2 N–H and O–H groups in total. The first-order chi connectivity index (χ1) is 8.45. The average molecular weight is 253 g/mol. The van der Waals surface area contributed by atoms with E-state index in [-0.39, 0.29) is 12.1 Å². The molecule has 1 rings (SSSR count). The van der Waals surface area contributed by atoms with Gasteiger partial charge < -0.3 is 15.1 Å². The molecule has 0 aromatic carbocycles. The van der Waals surface area contributed by atoms with Crippen molar-refractivity contribution in [3.8, 4) is 0 Å². The van der Waals surface area contributed by atoms with Crippen molar-refractivity contribution in [2.45, 2.75) is 32.4 Å². The quantitative estimate of drug-likeness (QED) is 0.805. The minimum absolute atomic E-state index is 0.0997. The molecule has 0 bridgehead atoms. The molecule has 0 fully saturated rings. The molecular weight excluding hydrogens is 226 g/mol. The smallest absolute Gasteiger partial charge is 0.122 e. The first kappa shape index (κ1) is 15.2. The van der Waals surface area contributed by atoms with E-state index in [4.69, 9.17) is 10.2 Å². The predicted molar refractivity (Wildman–Crippen MR) is 75.6 cm³/mol. The normalized spacial score (nSPS) is 15.3. The van der Waals surface area contributed by atoms with Crippen LogP contribution in [0.4, 0.5) is 0 Å². The number of nitrogens with two attached hydrogens (primary N) is 1. The average Bonchev–Trinajstić information content (AvgIpc) is 2.73. The Kier molecular flexibility index (Phi) is 5.85. The maximum atomic E-state index is 6.25. The Balaban J connectivity index is 2.78. The van der Waals surface area contributed by atoms with Gasteiger partial charge in [0.25, 0.3) is 0 Å². The first-order valence-electron chi connectivity index (χ1n) is 6.62. The van der Waals surface area contributed by atoms with E-state index in [1.807, 2.05) is 19.1 Å². The molecule has 0 aliphatic rings. The third-order valence-corrected chi connectivity index (χ3v) is 3.30. The number of likely N-dealkylation sites (N-methyl/N-ethyl adjacent to an activating group) is 2. The summed E-state index contributed by atoms with van der Waals surface area (Å²) in [6.45, 7) is 6.08. The predicted octanol–water partition coefficient (Wildman–Crippen LogP) is 1.86. The summed E-state index contributed by atoms with van der Waals surface area (Å²) in [6.07, 6.45) is 0.941. The number of hydrogen-bond donors (Lipinski definition) is 1. The van der Waals surface area contributed by atoms with Gasteiger partial charge in [-0.1, -0.05) is 6.92 Å². The second-order valence-electron chi connectivity index (χ2n) is 5.25. The van der Waals surface area contributed by atoms with Crippen LogP contribution in [0.25, 0.3) is 0 Å². The van der Waals surface area contributed by atoms with Gasteiger partial charge in [-0.25, -0.2) is 0 Å². The van der Waals surface area contributed by atoms with Gasteiger partial charge in [-0.15, -0.1) is 0 Å². The second-order valence-corrected chi connectivity index (χ2v) is 5.25. The minimum atomic E-state index is 0.0997. The summed E-state index contributed by atoms with van der Waals surface area (Å²) in [5.41, 5.74) is 6.25. The monoisotopic (exact) mass is 253 g/mol. The molecule has 2 unspecified atom stereocenters. The largest absolute Gasteiger partial charge is 0.465 e. The van der Waals surface area contributed by atoms with Crippen LogP contribution in [0.5, 0.6) is 0 Å². The van der Waals surface area contributed by atoms with E-state index in [2.05, 4.69) is 37.9 Å². The van der Waals surface area contributed by atoms with Crippen LogP contribution >= 0.6 is 0 Å². The minimum Gasteiger partial charge on any atom is -0.465 e. The Morgan fingerprint density at radius 2 is 1.89 bits per heavy atom. The topological polar surface area (TPSA) is 45.6 Å². The van der Waals surface area contributed by atoms with Gasteiger partial charge in [-0.3, -0.25) is 4.90 Å². The SMILES string of the molecule is CCC(N)C(c1ccc(C)o1)N(C)CCN(C)C. The van der Waals surface area contributed by atoms with Crippen LogP contribution in [0.15, 0.2) is 16.5 Å². The van der Waals surface area contributed by atoms with E-state index in [0.29, 0.717) is 0 Å². The zero-order valence-corrected chi connectivity index (χ0v) is 12.3. The Labute approximate surface area is 111 Å². The number of rotatable bonds is 7. The van der Waals surface area contributed by atoms with Crippen LogP contribution in [0.3, 0.4) is 0 Å². The van der Waals surface area contributed by atoms with Gasteiger partial charge >= 0.3 is 0 Å². The van der Waals surface area contributed by atoms with Gasteiger partial charge in [0.15, 0.2) is 0 Å². The second kappa shape index (κ2) is 6.92. The molecule has 0 spiro atoms. The van der Waals surface area contributed by atoms with Crippen LogP contribution in [-0.4, -0.2) is 50.1 Å². The summed E-state index contributed by atoms with van der Waals surface area (Å²) >= 11 is 0. The van der Waals surface area contributed by atoms with E-state index in [1.54, 1.807) is 0 Å². The lowest BCUT2D eigenvalue weighted by Crippen LogP contribution is -2.41. The van der Waals surface area contributed by atoms with Crippen LogP contribution < -0.4 is 5.73 Å². The summed E-state index contributed by atoms with van der Waals surface area (Å²) < 4.78 is 5.76. The Morgan fingerprint density at radius 1 is 1.22 bits per heavy atom. The molecular formula is C14H27N3O. The molecule has 0 saturated carbocycles. The highest BCUT2D eigenvalue weighted by Crippen LogP contribution is 2.25. The van der Waals surface area contributed by atoms with E-state index < -0.39 is 0 Å². The zero-order valence-electron chi connectivity index (χ0n) is 12.3. The Hall–Kier alpha value is -0.840. The highest BCUT2D eigenvalue weighted by molar-refractivity contribution is 5.12. The Bertz CT molecular complexity index is 349. The van der Waals surface area contributed by atoms with Crippen LogP contribution in [0.1, 0.15) is 30.9 Å². The molecule has 1 aromatic heterocycles. The molecule has 1 aromatic rings. The Morgan fingerprint density at radius 3 is 2.33 bits per heavy atom. The molecule has 1 heterocycles. The van der Waals surface area contributed by atoms with Crippen molar-refractivity contribution in [2.75, 3.05) is 34.2 Å². The van der Waals surface area contributed by atoms with Crippen molar-refractivity contribution < 1.29 is 4.42 Å². The lowest BCUT2D eigenvalue weighted by Gasteiger charge is -2.31. The maximum absolute atomic E-state index is 6.25. The van der Waals surface area contributed by atoms with Crippen molar-refractivity contribution in [2.24, 2.45) is 5.73 Å². The van der Waals surface area contributed by atoms with Crippen LogP contribution in [-0.2, 0) is 0 Å². The summed E-state index contributed by atoms with van der Waals surface area (Å²) in [7, 11) is 6.28. The number of furan rings is 1. The lowest BCUT2D eigenvalue weighted by atomic mass is 10.0. The van der Waals surface area contributed by atoms with E-state index in [9.17, 15) is 0 Å². The highest BCUT2D eigenvalue weighted by Gasteiger charge is 2.25. The summed E-state index contributed by atoms with van der Waals surface area (Å²) in [6, 6.07) is 4.30. The molecule has 0 aliphatic heterocycles. The van der Waals surface area contributed by atoms with E-state index >= 15 is 0 Å².